The van der Waals surface area contributed by atoms with Gasteiger partial charge < -0.3 is 15.0 Å². The first-order valence-corrected chi connectivity index (χ1v) is 6.52. The number of carbonyl (C=O) groups is 1. The predicted molar refractivity (Wildman–Crippen MR) is 76.7 cm³/mol. The lowest BCUT2D eigenvalue weighted by atomic mass is 10.2. The van der Waals surface area contributed by atoms with Crippen LogP contribution in [0.2, 0.25) is 0 Å². The van der Waals surface area contributed by atoms with Crippen LogP contribution in [0.4, 0.5) is 11.4 Å². The number of benzene rings is 1. The molecule has 0 aliphatic carbocycles. The number of carbonyl (C=O) groups excluding carboxylic acids is 1. The van der Waals surface area contributed by atoms with Crippen molar-refractivity contribution in [1.29, 1.82) is 0 Å². The van der Waals surface area contributed by atoms with Crippen molar-refractivity contribution in [1.82, 2.24) is 4.90 Å². The van der Waals surface area contributed by atoms with Gasteiger partial charge in [0.25, 0.3) is 0 Å². The molecule has 1 aliphatic rings. The Morgan fingerprint density at radius 2 is 2.11 bits per heavy atom. The van der Waals surface area contributed by atoms with E-state index in [4.69, 9.17) is 4.74 Å². The van der Waals surface area contributed by atoms with Gasteiger partial charge in [0, 0.05) is 38.6 Å². The lowest BCUT2D eigenvalue weighted by Crippen LogP contribution is -2.41. The minimum absolute atomic E-state index is 0.0257. The standard InChI is InChI=1S/C14H21N3O2/c1-16(2)13-5-3-4-12(10-13)15-14(18)11-17-6-8-19-9-7-17/h3-5,10H,6-9,11H2,1-2H3,(H,15,18). The Kier molecular flexibility index (Phi) is 4.76. The minimum atomic E-state index is 0.0257. The zero-order chi connectivity index (χ0) is 13.7. The van der Waals surface area contributed by atoms with Crippen molar-refractivity contribution >= 4 is 17.3 Å². The van der Waals surface area contributed by atoms with Crippen LogP contribution in [-0.2, 0) is 9.53 Å². The molecule has 1 aromatic rings. The molecule has 0 bridgehead atoms. The molecule has 2 rings (SSSR count). The van der Waals surface area contributed by atoms with E-state index in [1.165, 1.54) is 0 Å². The van der Waals surface area contributed by atoms with Crippen molar-refractivity contribution in [2.75, 3.05) is 57.2 Å². The van der Waals surface area contributed by atoms with Gasteiger partial charge in [-0.3, -0.25) is 9.69 Å². The van der Waals surface area contributed by atoms with Crippen molar-refractivity contribution in [2.24, 2.45) is 0 Å². The molecule has 1 fully saturated rings. The predicted octanol–water partition coefficient (Wildman–Crippen LogP) is 1.02. The van der Waals surface area contributed by atoms with Gasteiger partial charge >= 0.3 is 0 Å². The Morgan fingerprint density at radius 1 is 1.37 bits per heavy atom. The molecule has 0 atom stereocenters. The third kappa shape index (κ3) is 4.22. The molecule has 5 heteroatoms. The van der Waals surface area contributed by atoms with Gasteiger partial charge in [-0.15, -0.1) is 0 Å². The molecule has 19 heavy (non-hydrogen) atoms. The van der Waals surface area contributed by atoms with Gasteiger partial charge in [0.15, 0.2) is 0 Å². The molecule has 0 unspecified atom stereocenters. The smallest absolute Gasteiger partial charge is 0.238 e. The number of nitrogens with one attached hydrogen (secondary N) is 1. The average Bonchev–Trinajstić information content (AvgIpc) is 2.40. The highest BCUT2D eigenvalue weighted by Crippen LogP contribution is 2.17. The fraction of sp³-hybridized carbons (Fsp3) is 0.500. The first-order valence-electron chi connectivity index (χ1n) is 6.52. The summed E-state index contributed by atoms with van der Waals surface area (Å²) in [5.41, 5.74) is 1.91. The van der Waals surface area contributed by atoms with E-state index in [1.807, 2.05) is 43.3 Å². The maximum Gasteiger partial charge on any atom is 0.238 e. The summed E-state index contributed by atoms with van der Waals surface area (Å²) in [7, 11) is 3.96. The Bertz CT molecular complexity index is 428. The van der Waals surface area contributed by atoms with Crippen molar-refractivity contribution in [3.8, 4) is 0 Å². The third-order valence-electron chi connectivity index (χ3n) is 3.12. The fourth-order valence-electron chi connectivity index (χ4n) is 2.02. The first kappa shape index (κ1) is 13.8. The van der Waals surface area contributed by atoms with Gasteiger partial charge in [0.1, 0.15) is 0 Å². The monoisotopic (exact) mass is 263 g/mol. The van der Waals surface area contributed by atoms with E-state index >= 15 is 0 Å². The molecule has 1 heterocycles. The summed E-state index contributed by atoms with van der Waals surface area (Å²) in [6.45, 7) is 3.50. The van der Waals surface area contributed by atoms with Crippen LogP contribution in [0.1, 0.15) is 0 Å². The SMILES string of the molecule is CN(C)c1cccc(NC(=O)CN2CCOCC2)c1. The number of nitrogens with zero attached hydrogens (tertiary/aromatic N) is 2. The first-order chi connectivity index (χ1) is 9.15. The summed E-state index contributed by atoms with van der Waals surface area (Å²) in [5, 5.41) is 2.94. The topological polar surface area (TPSA) is 44.8 Å². The quantitative estimate of drug-likeness (QED) is 0.881. The average molecular weight is 263 g/mol. The van der Waals surface area contributed by atoms with Crippen LogP contribution in [0.3, 0.4) is 0 Å². The second-order valence-corrected chi connectivity index (χ2v) is 4.88. The molecular weight excluding hydrogens is 242 g/mol. The second-order valence-electron chi connectivity index (χ2n) is 4.88. The summed E-state index contributed by atoms with van der Waals surface area (Å²) in [5.74, 6) is 0.0257. The zero-order valence-electron chi connectivity index (χ0n) is 11.6. The van der Waals surface area contributed by atoms with Gasteiger partial charge in [-0.25, -0.2) is 0 Å². The van der Waals surface area contributed by atoms with Crippen molar-refractivity contribution < 1.29 is 9.53 Å². The summed E-state index contributed by atoms with van der Waals surface area (Å²) >= 11 is 0. The van der Waals surface area contributed by atoms with Crippen molar-refractivity contribution in [3.63, 3.8) is 0 Å². The normalized spacial score (nSPS) is 16.1. The zero-order valence-corrected chi connectivity index (χ0v) is 11.6. The van der Waals surface area contributed by atoms with Crippen LogP contribution < -0.4 is 10.2 Å². The molecule has 5 nitrogen and oxygen atoms in total. The summed E-state index contributed by atoms with van der Waals surface area (Å²) in [4.78, 5) is 16.1. The van der Waals surface area contributed by atoms with E-state index in [0.717, 1.165) is 24.5 Å². The summed E-state index contributed by atoms with van der Waals surface area (Å²) in [6, 6.07) is 7.83. The molecular formula is C14H21N3O2. The number of anilines is 2. The number of ether oxygens (including phenoxy) is 1. The second kappa shape index (κ2) is 6.54. The highest BCUT2D eigenvalue weighted by molar-refractivity contribution is 5.92. The lowest BCUT2D eigenvalue weighted by Gasteiger charge is -2.25. The largest absolute Gasteiger partial charge is 0.379 e. The number of hydrogen-bond donors (Lipinski definition) is 1. The molecule has 1 amide bonds. The van der Waals surface area contributed by atoms with Crippen LogP contribution in [0.25, 0.3) is 0 Å². The highest BCUT2D eigenvalue weighted by Gasteiger charge is 2.14. The molecule has 0 saturated carbocycles. The molecule has 0 aromatic heterocycles. The van der Waals surface area contributed by atoms with E-state index in [9.17, 15) is 4.79 Å². The molecule has 1 N–H and O–H groups in total. The van der Waals surface area contributed by atoms with Crippen molar-refractivity contribution in [2.45, 2.75) is 0 Å². The van der Waals surface area contributed by atoms with Crippen LogP contribution in [0.5, 0.6) is 0 Å². The Labute approximate surface area is 114 Å². The van der Waals surface area contributed by atoms with Crippen LogP contribution in [0, 0.1) is 0 Å². The van der Waals surface area contributed by atoms with Gasteiger partial charge in [-0.05, 0) is 18.2 Å². The lowest BCUT2D eigenvalue weighted by molar-refractivity contribution is -0.118. The maximum atomic E-state index is 12.0. The Balaban J connectivity index is 1.89. The highest BCUT2D eigenvalue weighted by atomic mass is 16.5. The molecule has 1 aromatic carbocycles. The van der Waals surface area contributed by atoms with E-state index < -0.39 is 0 Å². The summed E-state index contributed by atoms with van der Waals surface area (Å²) in [6.07, 6.45) is 0. The van der Waals surface area contributed by atoms with Crippen LogP contribution in [0.15, 0.2) is 24.3 Å². The van der Waals surface area contributed by atoms with Gasteiger partial charge in [-0.1, -0.05) is 6.07 Å². The van der Waals surface area contributed by atoms with Crippen LogP contribution in [-0.4, -0.2) is 57.8 Å². The number of morpholine rings is 1. The molecule has 104 valence electrons. The van der Waals surface area contributed by atoms with Gasteiger partial charge in [0.05, 0.1) is 19.8 Å². The van der Waals surface area contributed by atoms with Crippen LogP contribution >= 0.6 is 0 Å². The third-order valence-corrected chi connectivity index (χ3v) is 3.12. The van der Waals surface area contributed by atoms with E-state index in [-0.39, 0.29) is 5.91 Å². The van der Waals surface area contributed by atoms with E-state index in [0.29, 0.717) is 19.8 Å². The summed E-state index contributed by atoms with van der Waals surface area (Å²) < 4.78 is 5.26. The fourth-order valence-corrected chi connectivity index (χ4v) is 2.02. The molecule has 0 radical (unpaired) electrons. The minimum Gasteiger partial charge on any atom is -0.379 e. The van der Waals surface area contributed by atoms with E-state index in [2.05, 4.69) is 10.2 Å². The Morgan fingerprint density at radius 3 is 2.79 bits per heavy atom. The number of hydrogen-bond acceptors (Lipinski definition) is 4. The number of amides is 1. The molecule has 1 aliphatic heterocycles. The van der Waals surface area contributed by atoms with Gasteiger partial charge in [0.2, 0.25) is 5.91 Å². The number of rotatable bonds is 4. The Hall–Kier alpha value is -1.59. The van der Waals surface area contributed by atoms with Gasteiger partial charge in [-0.2, -0.15) is 0 Å². The molecule has 0 spiro atoms. The maximum absolute atomic E-state index is 12.0. The van der Waals surface area contributed by atoms with Crippen molar-refractivity contribution in [3.05, 3.63) is 24.3 Å². The van der Waals surface area contributed by atoms with E-state index in [1.54, 1.807) is 0 Å². The molecule has 1 saturated heterocycles.